The molecule has 1 amide bonds. The van der Waals surface area contributed by atoms with Gasteiger partial charge in [0, 0.05) is 11.3 Å². The molecule has 1 N–H and O–H groups in total. The highest BCUT2D eigenvalue weighted by Crippen LogP contribution is 2.52. The maximum atomic E-state index is 14.2. The van der Waals surface area contributed by atoms with Gasteiger partial charge in [0.2, 0.25) is 10.0 Å². The maximum absolute atomic E-state index is 14.2. The van der Waals surface area contributed by atoms with Crippen LogP contribution < -0.4 is 9.62 Å². The molecule has 5 nitrogen and oxygen atoms in total. The van der Waals surface area contributed by atoms with Crippen LogP contribution in [0.3, 0.4) is 0 Å². The van der Waals surface area contributed by atoms with Crippen molar-refractivity contribution in [2.24, 2.45) is 0 Å². The smallest absolute Gasteiger partial charge is 0.306 e. The third-order valence-electron chi connectivity index (χ3n) is 6.90. The van der Waals surface area contributed by atoms with E-state index < -0.39 is 38.6 Å². The first-order valence-electron chi connectivity index (χ1n) is 12.3. The first kappa shape index (κ1) is 27.9. The van der Waals surface area contributed by atoms with Crippen LogP contribution in [0.1, 0.15) is 33.9 Å². The van der Waals surface area contributed by atoms with Gasteiger partial charge >= 0.3 is 6.18 Å². The molecular weight excluding hydrogens is 561 g/mol. The van der Waals surface area contributed by atoms with Crippen molar-refractivity contribution in [3.05, 3.63) is 131 Å². The van der Waals surface area contributed by atoms with Crippen LogP contribution >= 0.6 is 11.6 Å². The van der Waals surface area contributed by atoms with E-state index in [0.29, 0.717) is 11.3 Å². The molecule has 0 unspecified atom stereocenters. The number of hydrogen-bond donors (Lipinski definition) is 1. The van der Waals surface area contributed by atoms with Crippen molar-refractivity contribution in [3.63, 3.8) is 0 Å². The number of alkyl halides is 4. The second-order valence-corrected chi connectivity index (χ2v) is 11.9. The second kappa shape index (κ2) is 10.4. The molecule has 0 saturated heterocycles. The van der Waals surface area contributed by atoms with E-state index in [0.717, 1.165) is 35.4 Å². The molecule has 0 bridgehead atoms. The van der Waals surface area contributed by atoms with E-state index >= 15 is 0 Å². The summed E-state index contributed by atoms with van der Waals surface area (Å²) >= 11 is 7.22. The van der Waals surface area contributed by atoms with Crippen molar-refractivity contribution in [1.82, 2.24) is 4.72 Å². The molecule has 5 rings (SSSR count). The lowest BCUT2D eigenvalue weighted by Crippen LogP contribution is -2.47. The van der Waals surface area contributed by atoms with E-state index in [1.54, 1.807) is 43.3 Å². The van der Waals surface area contributed by atoms with Crippen molar-refractivity contribution < 1.29 is 26.4 Å². The molecule has 40 heavy (non-hydrogen) atoms. The van der Waals surface area contributed by atoms with Gasteiger partial charge in [-0.3, -0.25) is 4.79 Å². The van der Waals surface area contributed by atoms with E-state index in [1.165, 1.54) is 17.0 Å². The summed E-state index contributed by atoms with van der Waals surface area (Å²) < 4.78 is 69.7. The third kappa shape index (κ3) is 5.12. The quantitative estimate of drug-likeness (QED) is 0.245. The highest BCUT2D eigenvalue weighted by Gasteiger charge is 2.56. The van der Waals surface area contributed by atoms with Crippen LogP contribution in [0.25, 0.3) is 0 Å². The summed E-state index contributed by atoms with van der Waals surface area (Å²) in [5, 5.41) is 0. The summed E-state index contributed by atoms with van der Waals surface area (Å²) in [6, 6.07) is 24.5. The lowest BCUT2D eigenvalue weighted by Gasteiger charge is -2.32. The number of nitrogens with zero attached hydrogens (tertiary/aromatic N) is 1. The van der Waals surface area contributed by atoms with Gasteiger partial charge in [-0.2, -0.15) is 13.2 Å². The minimum atomic E-state index is -4.60. The number of aryl methyl sites for hydroxylation is 1. The average Bonchev–Trinajstić information content (AvgIpc) is 3.15. The van der Waals surface area contributed by atoms with Crippen molar-refractivity contribution in [2.75, 3.05) is 4.90 Å². The van der Waals surface area contributed by atoms with Gasteiger partial charge in [-0.1, -0.05) is 78.4 Å². The number of nitrogens with one attached hydrogen (secondary N) is 1. The Hall–Kier alpha value is -3.66. The van der Waals surface area contributed by atoms with Crippen LogP contribution in [-0.2, 0) is 32.4 Å². The Labute approximate surface area is 235 Å². The van der Waals surface area contributed by atoms with Gasteiger partial charge in [-0.15, -0.1) is 11.6 Å². The fraction of sp³-hybridized carbons (Fsp3) is 0.167. The molecular formula is C30H24ClF3N2O3S. The van der Waals surface area contributed by atoms with E-state index in [-0.39, 0.29) is 17.0 Å². The van der Waals surface area contributed by atoms with Crippen molar-refractivity contribution in [2.45, 2.75) is 35.5 Å². The predicted octanol–water partition coefficient (Wildman–Crippen LogP) is 6.71. The van der Waals surface area contributed by atoms with Crippen molar-refractivity contribution in [1.29, 1.82) is 0 Å². The third-order valence-corrected chi connectivity index (χ3v) is 8.92. The van der Waals surface area contributed by atoms with E-state index in [9.17, 15) is 26.4 Å². The largest absolute Gasteiger partial charge is 0.416 e. The first-order valence-corrected chi connectivity index (χ1v) is 14.2. The number of carbonyl (C=O) groups is 1. The Morgan fingerprint density at radius 3 is 2.10 bits per heavy atom. The first-order chi connectivity index (χ1) is 18.9. The van der Waals surface area contributed by atoms with Gasteiger partial charge in [0.1, 0.15) is 0 Å². The molecule has 10 heteroatoms. The number of halogens is 4. The Morgan fingerprint density at radius 2 is 1.48 bits per heavy atom. The number of benzene rings is 4. The van der Waals surface area contributed by atoms with Gasteiger partial charge in [-0.25, -0.2) is 13.1 Å². The molecule has 4 aromatic carbocycles. The molecule has 1 heterocycles. The van der Waals surface area contributed by atoms with Gasteiger partial charge in [0.25, 0.3) is 5.91 Å². The summed E-state index contributed by atoms with van der Waals surface area (Å²) in [6.45, 7) is 1.97. The molecule has 0 aliphatic carbocycles. The number of amides is 1. The van der Waals surface area contributed by atoms with Crippen LogP contribution in [0.15, 0.2) is 108 Å². The number of fused-ring (bicyclic) bond motifs is 1. The molecule has 0 saturated carbocycles. The van der Waals surface area contributed by atoms with Crippen LogP contribution in [0.2, 0.25) is 0 Å². The Morgan fingerprint density at radius 1 is 0.875 bits per heavy atom. The summed E-state index contributed by atoms with van der Waals surface area (Å²) in [6.07, 6.45) is -4.60. The monoisotopic (exact) mass is 584 g/mol. The van der Waals surface area contributed by atoms with Gasteiger partial charge < -0.3 is 4.90 Å². The zero-order valence-electron chi connectivity index (χ0n) is 21.2. The standard InChI is InChI=1S/C30H24ClF3N2O3S/c1-20-11-17-24(18-12-20)40(38,39)35-27(22-13-15-23(16-14-22)30(32,33)34)29(31)25-9-5-6-10-26(25)36(28(29)37)19-21-7-3-2-4-8-21/h2-18,27,35H,19H2,1H3/t27-,29-/m1/s1. The molecule has 206 valence electrons. The highest BCUT2D eigenvalue weighted by atomic mass is 35.5. The molecule has 4 aromatic rings. The Kier molecular flexibility index (Phi) is 7.24. The van der Waals surface area contributed by atoms with Crippen LogP contribution in [0, 0.1) is 6.92 Å². The zero-order chi connectivity index (χ0) is 28.7. The summed E-state index contributed by atoms with van der Waals surface area (Å²) in [5.41, 5.74) is 1.67. The fourth-order valence-corrected chi connectivity index (χ4v) is 6.58. The van der Waals surface area contributed by atoms with Crippen LogP contribution in [-0.4, -0.2) is 14.3 Å². The van der Waals surface area contributed by atoms with Crippen molar-refractivity contribution >= 4 is 33.2 Å². The maximum Gasteiger partial charge on any atom is 0.416 e. The van der Waals surface area contributed by atoms with Gasteiger partial charge in [-0.05, 0) is 48.4 Å². The van der Waals surface area contributed by atoms with E-state index in [1.807, 2.05) is 30.3 Å². The van der Waals surface area contributed by atoms with Crippen LogP contribution in [0.4, 0.5) is 18.9 Å². The van der Waals surface area contributed by atoms with Crippen LogP contribution in [0.5, 0.6) is 0 Å². The lowest BCUT2D eigenvalue weighted by molar-refractivity contribution is -0.137. The minimum Gasteiger partial charge on any atom is -0.306 e. The molecule has 0 radical (unpaired) electrons. The molecule has 0 aromatic heterocycles. The summed E-state index contributed by atoms with van der Waals surface area (Å²) in [4.78, 5) is 13.6. The molecule has 1 aliphatic heterocycles. The average molecular weight is 585 g/mol. The van der Waals surface area contributed by atoms with E-state index in [2.05, 4.69) is 4.72 Å². The topological polar surface area (TPSA) is 66.5 Å². The highest BCUT2D eigenvalue weighted by molar-refractivity contribution is 7.89. The summed E-state index contributed by atoms with van der Waals surface area (Å²) in [5.74, 6) is -0.601. The molecule has 0 spiro atoms. The fourth-order valence-electron chi connectivity index (χ4n) is 4.82. The number of sulfonamides is 1. The SMILES string of the molecule is Cc1ccc(S(=O)(=O)N[C@H](c2ccc(C(F)(F)F)cc2)[C@@]2(Cl)C(=O)N(Cc3ccccc3)c3ccccc32)cc1. The number of rotatable bonds is 7. The Bertz CT molecular complexity index is 1640. The van der Waals surface area contributed by atoms with E-state index in [4.69, 9.17) is 11.6 Å². The molecule has 2 atom stereocenters. The van der Waals surface area contributed by atoms with Crippen molar-refractivity contribution in [3.8, 4) is 0 Å². The lowest BCUT2D eigenvalue weighted by atomic mass is 9.87. The minimum absolute atomic E-state index is 0.0739. The summed E-state index contributed by atoms with van der Waals surface area (Å²) in [7, 11) is -4.27. The zero-order valence-corrected chi connectivity index (χ0v) is 22.8. The predicted molar refractivity (Wildman–Crippen MR) is 147 cm³/mol. The number of para-hydroxylation sites is 1. The Balaban J connectivity index is 1.64. The second-order valence-electron chi connectivity index (χ2n) is 9.59. The number of hydrogen-bond acceptors (Lipinski definition) is 3. The van der Waals surface area contributed by atoms with Gasteiger partial charge in [0.05, 0.1) is 23.0 Å². The molecule has 1 aliphatic rings. The number of carbonyl (C=O) groups excluding carboxylic acids is 1. The van der Waals surface area contributed by atoms with Gasteiger partial charge in [0.15, 0.2) is 4.87 Å². The molecule has 0 fully saturated rings. The normalized spacial score (nSPS) is 18.0. The number of anilines is 1.